The molecule has 1 aromatic rings. The lowest BCUT2D eigenvalue weighted by atomic mass is 10.1. The second kappa shape index (κ2) is 8.25. The van der Waals surface area contributed by atoms with E-state index in [1.807, 2.05) is 13.8 Å². The fraction of sp³-hybridized carbons (Fsp3) is 0.450. The summed E-state index contributed by atoms with van der Waals surface area (Å²) in [6, 6.07) is 4.63. The number of urea groups is 1. The van der Waals surface area contributed by atoms with Crippen LogP contribution in [0.5, 0.6) is 5.75 Å². The van der Waals surface area contributed by atoms with Crippen LogP contribution in [0.4, 0.5) is 4.79 Å². The van der Waals surface area contributed by atoms with E-state index in [9.17, 15) is 14.4 Å². The van der Waals surface area contributed by atoms with Gasteiger partial charge in [-0.15, -0.1) is 0 Å². The first-order valence-corrected chi connectivity index (χ1v) is 10.1. The Morgan fingerprint density at radius 1 is 1.30 bits per heavy atom. The number of rotatable bonds is 5. The molecule has 0 spiro atoms. The summed E-state index contributed by atoms with van der Waals surface area (Å²) in [4.78, 5) is 38.4. The molecule has 0 aromatic heterocycles. The molecule has 1 N–H and O–H groups in total. The molecule has 1 aliphatic carbocycles. The van der Waals surface area contributed by atoms with Gasteiger partial charge in [-0.25, -0.2) is 4.79 Å². The van der Waals surface area contributed by atoms with E-state index in [-0.39, 0.29) is 17.7 Å². The van der Waals surface area contributed by atoms with Gasteiger partial charge in [0.2, 0.25) is 0 Å². The summed E-state index contributed by atoms with van der Waals surface area (Å²) in [6.45, 7) is 4.03. The quantitative estimate of drug-likeness (QED) is 0.560. The number of carbonyl (C=O) groups is 3. The Balaban J connectivity index is 1.86. The molecule has 1 atom stereocenters. The van der Waals surface area contributed by atoms with Crippen molar-refractivity contribution in [2.45, 2.75) is 58.1 Å². The van der Waals surface area contributed by atoms with Crippen LogP contribution in [0.2, 0.25) is 0 Å². The molecule has 2 aliphatic rings. The summed E-state index contributed by atoms with van der Waals surface area (Å²) in [7, 11) is 0. The van der Waals surface area contributed by atoms with Gasteiger partial charge in [-0.05, 0) is 65.9 Å². The molecule has 4 amide bonds. The second-order valence-corrected chi connectivity index (χ2v) is 7.81. The highest BCUT2D eigenvalue weighted by atomic mass is 79.9. The van der Waals surface area contributed by atoms with E-state index in [4.69, 9.17) is 4.74 Å². The van der Waals surface area contributed by atoms with Crippen molar-refractivity contribution in [2.24, 2.45) is 0 Å². The Labute approximate surface area is 167 Å². The molecular formula is C20H23BrN2O4. The van der Waals surface area contributed by atoms with Gasteiger partial charge in [0.1, 0.15) is 11.3 Å². The van der Waals surface area contributed by atoms with Crippen molar-refractivity contribution in [1.29, 1.82) is 0 Å². The van der Waals surface area contributed by atoms with Gasteiger partial charge in [0.25, 0.3) is 11.8 Å². The number of hydrogen-bond acceptors (Lipinski definition) is 4. The highest BCUT2D eigenvalue weighted by Crippen LogP contribution is 2.30. The van der Waals surface area contributed by atoms with Crippen LogP contribution in [-0.4, -0.2) is 34.9 Å². The zero-order chi connectivity index (χ0) is 19.6. The first-order chi connectivity index (χ1) is 12.9. The van der Waals surface area contributed by atoms with Gasteiger partial charge in [-0.2, -0.15) is 0 Å². The number of halogens is 1. The maximum atomic E-state index is 12.8. The van der Waals surface area contributed by atoms with E-state index in [0.717, 1.165) is 36.6 Å². The van der Waals surface area contributed by atoms with Crippen LogP contribution in [0.1, 0.15) is 51.5 Å². The molecule has 0 unspecified atom stereocenters. The van der Waals surface area contributed by atoms with Crippen LogP contribution in [0, 0.1) is 0 Å². The number of carbonyl (C=O) groups excluding carboxylic acids is 3. The predicted molar refractivity (Wildman–Crippen MR) is 105 cm³/mol. The number of nitrogens with one attached hydrogen (secondary N) is 1. The van der Waals surface area contributed by atoms with Gasteiger partial charge in [-0.3, -0.25) is 19.8 Å². The minimum absolute atomic E-state index is 0.0241. The van der Waals surface area contributed by atoms with Crippen molar-refractivity contribution < 1.29 is 19.1 Å². The molecule has 7 heteroatoms. The first-order valence-electron chi connectivity index (χ1n) is 9.27. The maximum Gasteiger partial charge on any atom is 0.331 e. The molecule has 1 heterocycles. The van der Waals surface area contributed by atoms with Crippen LogP contribution in [0.25, 0.3) is 6.08 Å². The Bertz CT molecular complexity index is 799. The number of ether oxygens (including phenoxy) is 1. The molecule has 0 bridgehead atoms. The van der Waals surface area contributed by atoms with Gasteiger partial charge in [0.15, 0.2) is 0 Å². The van der Waals surface area contributed by atoms with Crippen molar-refractivity contribution >= 4 is 39.9 Å². The highest BCUT2D eigenvalue weighted by molar-refractivity contribution is 9.10. The molecule has 3 rings (SSSR count). The van der Waals surface area contributed by atoms with Crippen LogP contribution in [-0.2, 0) is 9.59 Å². The highest BCUT2D eigenvalue weighted by Gasteiger charge is 2.40. The Hall–Kier alpha value is -2.15. The fourth-order valence-corrected chi connectivity index (χ4v) is 3.82. The average molecular weight is 435 g/mol. The lowest BCUT2D eigenvalue weighted by Gasteiger charge is -2.31. The molecule has 144 valence electrons. The molecule has 2 fully saturated rings. The van der Waals surface area contributed by atoms with Crippen LogP contribution < -0.4 is 10.1 Å². The standard InChI is InChI=1S/C20H23BrN2O4/c1-3-12(2)27-17-9-8-13(11-16(17)21)10-15-18(24)22-20(26)23(19(15)25)14-6-4-5-7-14/h8-12,14H,3-7H2,1-2H3,(H,22,24,26)/b15-10+/t12-/m1/s1. The third kappa shape index (κ3) is 4.24. The topological polar surface area (TPSA) is 75.7 Å². The predicted octanol–water partition coefficient (Wildman–Crippen LogP) is 4.03. The van der Waals surface area contributed by atoms with Gasteiger partial charge < -0.3 is 4.74 Å². The fourth-order valence-electron chi connectivity index (χ4n) is 3.33. The largest absolute Gasteiger partial charge is 0.490 e. The van der Waals surface area contributed by atoms with Gasteiger partial charge in [0.05, 0.1) is 10.6 Å². The van der Waals surface area contributed by atoms with Crippen LogP contribution in [0.15, 0.2) is 28.2 Å². The SMILES string of the molecule is CC[C@@H](C)Oc1ccc(/C=C2\C(=O)NC(=O)N(C3CCCC3)C2=O)cc1Br. The summed E-state index contributed by atoms with van der Waals surface area (Å²) >= 11 is 3.47. The number of hydrogen-bond donors (Lipinski definition) is 1. The van der Waals surface area contributed by atoms with Crippen molar-refractivity contribution in [3.8, 4) is 5.75 Å². The smallest absolute Gasteiger partial charge is 0.331 e. The third-order valence-corrected chi connectivity index (χ3v) is 5.61. The summed E-state index contributed by atoms with van der Waals surface area (Å²) in [5.41, 5.74) is 0.654. The Morgan fingerprint density at radius 3 is 2.63 bits per heavy atom. The first kappa shape index (κ1) is 19.6. The summed E-state index contributed by atoms with van der Waals surface area (Å²) in [6.07, 6.45) is 6.03. The van der Waals surface area contributed by atoms with E-state index < -0.39 is 17.8 Å². The number of nitrogens with zero attached hydrogens (tertiary/aromatic N) is 1. The maximum absolute atomic E-state index is 12.8. The Morgan fingerprint density at radius 2 is 2.00 bits per heavy atom. The zero-order valence-electron chi connectivity index (χ0n) is 15.5. The molecule has 0 radical (unpaired) electrons. The monoisotopic (exact) mass is 434 g/mol. The van der Waals surface area contributed by atoms with E-state index in [1.165, 1.54) is 11.0 Å². The normalized spacial score (nSPS) is 20.9. The number of benzene rings is 1. The molecule has 1 saturated heterocycles. The van der Waals surface area contributed by atoms with E-state index in [1.54, 1.807) is 18.2 Å². The number of imide groups is 2. The van der Waals surface area contributed by atoms with E-state index >= 15 is 0 Å². The molecule has 1 aromatic carbocycles. The van der Waals surface area contributed by atoms with Crippen molar-refractivity contribution in [3.63, 3.8) is 0 Å². The number of amides is 4. The van der Waals surface area contributed by atoms with Crippen molar-refractivity contribution in [3.05, 3.63) is 33.8 Å². The zero-order valence-corrected chi connectivity index (χ0v) is 17.0. The molecule has 1 saturated carbocycles. The lowest BCUT2D eigenvalue weighted by Crippen LogP contribution is -2.57. The number of barbiturate groups is 1. The summed E-state index contributed by atoms with van der Waals surface area (Å²) in [5, 5.41) is 2.29. The molecule has 6 nitrogen and oxygen atoms in total. The Kier molecular flexibility index (Phi) is 5.99. The minimum Gasteiger partial charge on any atom is -0.490 e. The summed E-state index contributed by atoms with van der Waals surface area (Å²) in [5.74, 6) is -0.476. The minimum atomic E-state index is -0.657. The van der Waals surface area contributed by atoms with Crippen molar-refractivity contribution in [2.75, 3.05) is 0 Å². The van der Waals surface area contributed by atoms with Gasteiger partial charge >= 0.3 is 6.03 Å². The molecular weight excluding hydrogens is 412 g/mol. The summed E-state index contributed by atoms with van der Waals surface area (Å²) < 4.78 is 6.55. The van der Waals surface area contributed by atoms with E-state index in [0.29, 0.717) is 11.3 Å². The lowest BCUT2D eigenvalue weighted by molar-refractivity contribution is -0.131. The van der Waals surface area contributed by atoms with Crippen LogP contribution >= 0.6 is 15.9 Å². The van der Waals surface area contributed by atoms with Gasteiger partial charge in [0, 0.05) is 6.04 Å². The molecule has 27 heavy (non-hydrogen) atoms. The second-order valence-electron chi connectivity index (χ2n) is 6.96. The van der Waals surface area contributed by atoms with Crippen LogP contribution in [0.3, 0.4) is 0 Å². The average Bonchev–Trinajstić information content (AvgIpc) is 3.14. The molecule has 1 aliphatic heterocycles. The third-order valence-electron chi connectivity index (χ3n) is 4.99. The van der Waals surface area contributed by atoms with E-state index in [2.05, 4.69) is 21.2 Å². The van der Waals surface area contributed by atoms with Gasteiger partial charge in [-0.1, -0.05) is 25.8 Å². The van der Waals surface area contributed by atoms with Crippen molar-refractivity contribution in [1.82, 2.24) is 10.2 Å².